The lowest BCUT2D eigenvalue weighted by Gasteiger charge is -2.05. The predicted octanol–water partition coefficient (Wildman–Crippen LogP) is 3.59. The average Bonchev–Trinajstić information content (AvgIpc) is 2.72. The molecule has 5 nitrogen and oxygen atoms in total. The summed E-state index contributed by atoms with van der Waals surface area (Å²) in [5.74, 6) is 0.586. The van der Waals surface area contributed by atoms with Gasteiger partial charge in [0.2, 0.25) is 0 Å². The van der Waals surface area contributed by atoms with Crippen molar-refractivity contribution in [1.82, 2.24) is 4.98 Å². The van der Waals surface area contributed by atoms with E-state index in [0.717, 1.165) is 4.88 Å². The molecule has 0 bridgehead atoms. The van der Waals surface area contributed by atoms with E-state index in [2.05, 4.69) is 4.98 Å². The first-order chi connectivity index (χ1) is 8.56. The number of ether oxygens (including phenoxy) is 1. The average molecular weight is 285 g/mol. The van der Waals surface area contributed by atoms with Gasteiger partial charge >= 0.3 is 0 Å². The van der Waals surface area contributed by atoms with Crippen molar-refractivity contribution in [2.24, 2.45) is 0 Å². The fourth-order valence-corrected chi connectivity index (χ4v) is 2.32. The molecule has 0 aliphatic rings. The van der Waals surface area contributed by atoms with Crippen molar-refractivity contribution in [1.29, 1.82) is 0 Å². The van der Waals surface area contributed by atoms with E-state index in [1.165, 1.54) is 17.4 Å². The molecular formula is C11H9ClN2O3S. The van der Waals surface area contributed by atoms with Gasteiger partial charge in [0.05, 0.1) is 9.80 Å². The van der Waals surface area contributed by atoms with Crippen molar-refractivity contribution < 1.29 is 9.66 Å². The van der Waals surface area contributed by atoms with Gasteiger partial charge in [-0.15, -0.1) is 11.3 Å². The molecule has 18 heavy (non-hydrogen) atoms. The second-order valence-corrected chi connectivity index (χ2v) is 5.27. The Morgan fingerprint density at radius 1 is 1.56 bits per heavy atom. The Morgan fingerprint density at radius 3 is 2.89 bits per heavy atom. The van der Waals surface area contributed by atoms with Gasteiger partial charge in [0.1, 0.15) is 12.4 Å². The number of aromatic nitrogens is 1. The third-order valence-electron chi connectivity index (χ3n) is 2.27. The Kier molecular flexibility index (Phi) is 3.78. The molecular weight excluding hydrogens is 276 g/mol. The number of benzene rings is 1. The molecule has 0 aliphatic heterocycles. The van der Waals surface area contributed by atoms with Gasteiger partial charge in [-0.3, -0.25) is 10.1 Å². The highest BCUT2D eigenvalue weighted by Crippen LogP contribution is 2.25. The first-order valence-corrected chi connectivity index (χ1v) is 6.24. The molecule has 0 saturated heterocycles. The van der Waals surface area contributed by atoms with Crippen LogP contribution in [0.1, 0.15) is 10.4 Å². The summed E-state index contributed by atoms with van der Waals surface area (Å²) in [5, 5.41) is 10.7. The standard InChI is InChI=1S/C11H9ClN2O3S/c1-7-4-8(2-3-10(7)14(15)16)17-6-9-5-13-11(12)18-9/h2-5H,6H2,1H3. The van der Waals surface area contributed by atoms with Crippen LogP contribution >= 0.6 is 22.9 Å². The SMILES string of the molecule is Cc1cc(OCc2cnc(Cl)s2)ccc1[N+](=O)[O-]. The topological polar surface area (TPSA) is 65.3 Å². The number of aryl methyl sites for hydroxylation is 1. The monoisotopic (exact) mass is 284 g/mol. The molecule has 0 atom stereocenters. The zero-order chi connectivity index (χ0) is 13.1. The number of thiazole rings is 1. The fraction of sp³-hybridized carbons (Fsp3) is 0.182. The van der Waals surface area contributed by atoms with E-state index in [9.17, 15) is 10.1 Å². The van der Waals surface area contributed by atoms with Crippen LogP contribution in [-0.4, -0.2) is 9.91 Å². The third kappa shape index (κ3) is 2.96. The molecule has 0 N–H and O–H groups in total. The van der Waals surface area contributed by atoms with E-state index in [0.29, 0.717) is 22.4 Å². The molecule has 1 heterocycles. The van der Waals surface area contributed by atoms with E-state index >= 15 is 0 Å². The molecule has 0 unspecified atom stereocenters. The second kappa shape index (κ2) is 5.32. The molecule has 2 rings (SSSR count). The number of nitro benzene ring substituents is 1. The van der Waals surface area contributed by atoms with Crippen LogP contribution in [0.4, 0.5) is 5.69 Å². The van der Waals surface area contributed by atoms with Gasteiger partial charge in [-0.2, -0.15) is 0 Å². The Bertz CT molecular complexity index is 585. The zero-order valence-electron chi connectivity index (χ0n) is 9.42. The van der Waals surface area contributed by atoms with Crippen molar-refractivity contribution in [3.63, 3.8) is 0 Å². The lowest BCUT2D eigenvalue weighted by atomic mass is 10.2. The van der Waals surface area contributed by atoms with E-state index < -0.39 is 4.92 Å². The van der Waals surface area contributed by atoms with Crippen LogP contribution in [0.5, 0.6) is 5.75 Å². The highest BCUT2D eigenvalue weighted by molar-refractivity contribution is 7.15. The second-order valence-electron chi connectivity index (χ2n) is 3.57. The highest BCUT2D eigenvalue weighted by atomic mass is 35.5. The van der Waals surface area contributed by atoms with E-state index in [1.54, 1.807) is 25.3 Å². The minimum atomic E-state index is -0.415. The molecule has 1 aromatic carbocycles. The minimum Gasteiger partial charge on any atom is -0.488 e. The smallest absolute Gasteiger partial charge is 0.272 e. The fourth-order valence-electron chi connectivity index (χ4n) is 1.43. The largest absolute Gasteiger partial charge is 0.488 e. The van der Waals surface area contributed by atoms with Crippen molar-refractivity contribution in [3.8, 4) is 5.75 Å². The maximum Gasteiger partial charge on any atom is 0.272 e. The summed E-state index contributed by atoms with van der Waals surface area (Å²) in [6, 6.07) is 4.65. The Hall–Kier alpha value is -1.66. The maximum atomic E-state index is 10.7. The van der Waals surface area contributed by atoms with Crippen molar-refractivity contribution in [2.45, 2.75) is 13.5 Å². The Labute approximate surface area is 112 Å². The van der Waals surface area contributed by atoms with Gasteiger partial charge in [0.25, 0.3) is 5.69 Å². The summed E-state index contributed by atoms with van der Waals surface area (Å²) < 4.78 is 5.98. The molecule has 0 aliphatic carbocycles. The molecule has 0 amide bonds. The van der Waals surface area contributed by atoms with Crippen LogP contribution in [-0.2, 0) is 6.61 Å². The van der Waals surface area contributed by atoms with Gasteiger partial charge in [0, 0.05) is 17.8 Å². The molecule has 1 aromatic heterocycles. The first kappa shape index (κ1) is 12.8. The number of hydrogen-bond acceptors (Lipinski definition) is 5. The lowest BCUT2D eigenvalue weighted by molar-refractivity contribution is -0.385. The number of nitro groups is 1. The maximum absolute atomic E-state index is 10.7. The highest BCUT2D eigenvalue weighted by Gasteiger charge is 2.10. The molecule has 94 valence electrons. The molecule has 0 fully saturated rings. The quantitative estimate of drug-likeness (QED) is 0.635. The van der Waals surface area contributed by atoms with Crippen molar-refractivity contribution >= 4 is 28.6 Å². The lowest BCUT2D eigenvalue weighted by Crippen LogP contribution is -1.95. The normalized spacial score (nSPS) is 10.3. The summed E-state index contributed by atoms with van der Waals surface area (Å²) >= 11 is 7.04. The van der Waals surface area contributed by atoms with Gasteiger partial charge in [-0.05, 0) is 19.1 Å². The van der Waals surface area contributed by atoms with Gasteiger partial charge < -0.3 is 4.74 Å². The molecule has 0 saturated carbocycles. The Morgan fingerprint density at radius 2 is 2.33 bits per heavy atom. The summed E-state index contributed by atoms with van der Waals surface area (Å²) in [5.41, 5.74) is 0.656. The van der Waals surface area contributed by atoms with Crippen LogP contribution in [0.15, 0.2) is 24.4 Å². The van der Waals surface area contributed by atoms with Gasteiger partial charge in [-0.1, -0.05) is 11.6 Å². The van der Waals surface area contributed by atoms with Gasteiger partial charge in [0.15, 0.2) is 4.47 Å². The molecule has 0 radical (unpaired) electrons. The summed E-state index contributed by atoms with van der Waals surface area (Å²) in [6.07, 6.45) is 1.64. The van der Waals surface area contributed by atoms with E-state index in [1.807, 2.05) is 0 Å². The molecule has 2 aromatic rings. The number of nitrogens with zero attached hydrogens (tertiary/aromatic N) is 2. The summed E-state index contributed by atoms with van der Waals surface area (Å²) in [7, 11) is 0. The van der Waals surface area contributed by atoms with E-state index in [-0.39, 0.29) is 5.69 Å². The minimum absolute atomic E-state index is 0.0863. The van der Waals surface area contributed by atoms with Crippen LogP contribution < -0.4 is 4.74 Å². The number of hydrogen-bond donors (Lipinski definition) is 0. The van der Waals surface area contributed by atoms with E-state index in [4.69, 9.17) is 16.3 Å². The predicted molar refractivity (Wildman–Crippen MR) is 69.3 cm³/mol. The summed E-state index contributed by atoms with van der Waals surface area (Å²) in [4.78, 5) is 15.0. The first-order valence-electron chi connectivity index (χ1n) is 5.04. The zero-order valence-corrected chi connectivity index (χ0v) is 11.0. The van der Waals surface area contributed by atoms with Crippen LogP contribution in [0.25, 0.3) is 0 Å². The van der Waals surface area contributed by atoms with Crippen molar-refractivity contribution in [3.05, 3.63) is 49.4 Å². The van der Waals surface area contributed by atoms with Crippen LogP contribution in [0.2, 0.25) is 4.47 Å². The third-order valence-corrected chi connectivity index (χ3v) is 3.36. The Balaban J connectivity index is 2.06. The molecule has 7 heteroatoms. The summed E-state index contributed by atoms with van der Waals surface area (Å²) in [6.45, 7) is 2.02. The number of halogens is 1. The van der Waals surface area contributed by atoms with Crippen LogP contribution in [0, 0.1) is 17.0 Å². The number of rotatable bonds is 4. The van der Waals surface area contributed by atoms with Crippen LogP contribution in [0.3, 0.4) is 0 Å². The van der Waals surface area contributed by atoms with Gasteiger partial charge in [-0.25, -0.2) is 4.98 Å². The molecule has 0 spiro atoms. The van der Waals surface area contributed by atoms with Crippen molar-refractivity contribution in [2.75, 3.05) is 0 Å².